The Morgan fingerprint density at radius 1 is 1.23 bits per heavy atom. The fourth-order valence-electron chi connectivity index (χ4n) is 2.84. The first-order valence-corrected chi connectivity index (χ1v) is 9.03. The third kappa shape index (κ3) is 3.15. The number of hydrogen-bond donors (Lipinski definition) is 1. The van der Waals surface area contributed by atoms with E-state index in [4.69, 9.17) is 11.6 Å². The van der Waals surface area contributed by atoms with E-state index in [0.717, 1.165) is 28.6 Å². The maximum absolute atomic E-state index is 12.7. The number of carbonyl (C=O) groups is 1. The smallest absolute Gasteiger partial charge is 0.306 e. The van der Waals surface area contributed by atoms with Gasteiger partial charge in [0.15, 0.2) is 5.82 Å². The highest BCUT2D eigenvalue weighted by molar-refractivity contribution is 9.10. The zero-order valence-corrected chi connectivity index (χ0v) is 15.8. The van der Waals surface area contributed by atoms with Crippen LogP contribution in [-0.2, 0) is 6.42 Å². The molecule has 26 heavy (non-hydrogen) atoms. The van der Waals surface area contributed by atoms with Crippen molar-refractivity contribution in [3.05, 3.63) is 52.1 Å². The zero-order chi connectivity index (χ0) is 18.1. The molecular formula is C16H13BrClN7O. The lowest BCUT2D eigenvalue weighted by Crippen LogP contribution is -2.39. The van der Waals surface area contributed by atoms with Crippen LogP contribution >= 0.6 is 27.5 Å². The number of amides is 2. The summed E-state index contributed by atoms with van der Waals surface area (Å²) in [5.74, 6) is 0.395. The van der Waals surface area contributed by atoms with E-state index in [-0.39, 0.29) is 6.03 Å². The Hall–Kier alpha value is -2.52. The van der Waals surface area contributed by atoms with E-state index >= 15 is 0 Å². The van der Waals surface area contributed by atoms with Crippen LogP contribution in [0.3, 0.4) is 0 Å². The largest absolute Gasteiger partial charge is 0.326 e. The fourth-order valence-corrected chi connectivity index (χ4v) is 3.60. The third-order valence-electron chi connectivity index (χ3n) is 4.01. The van der Waals surface area contributed by atoms with Crippen molar-refractivity contribution in [3.63, 3.8) is 0 Å². The van der Waals surface area contributed by atoms with Crippen LogP contribution in [-0.4, -0.2) is 37.5 Å². The predicted molar refractivity (Wildman–Crippen MR) is 101 cm³/mol. The SMILES string of the molecule is O=C(Nc1cnc(-n2nccn2)c(Cl)c1)N1CCCc2c(Br)cncc21. The third-order valence-corrected chi connectivity index (χ3v) is 4.97. The molecule has 3 aromatic heterocycles. The van der Waals surface area contributed by atoms with E-state index in [9.17, 15) is 4.79 Å². The van der Waals surface area contributed by atoms with Crippen molar-refractivity contribution >= 4 is 44.9 Å². The molecule has 1 N–H and O–H groups in total. The molecule has 4 heterocycles. The second-order valence-electron chi connectivity index (χ2n) is 5.65. The number of carbonyl (C=O) groups excluding carboxylic acids is 1. The topological polar surface area (TPSA) is 88.8 Å². The van der Waals surface area contributed by atoms with Gasteiger partial charge in [-0.05, 0) is 40.4 Å². The molecule has 3 aromatic rings. The van der Waals surface area contributed by atoms with Crippen molar-refractivity contribution in [3.8, 4) is 5.82 Å². The standard InChI is InChI=1S/C16H13BrClN7O/c17-12-8-19-9-14-11(12)2-1-5-24(14)16(26)23-10-6-13(18)15(20-7-10)25-21-3-4-22-25/h3-4,6-9H,1-2,5H2,(H,23,26). The number of nitrogens with zero attached hydrogens (tertiary/aromatic N) is 6. The van der Waals surface area contributed by atoms with Gasteiger partial charge in [0.2, 0.25) is 0 Å². The lowest BCUT2D eigenvalue weighted by Gasteiger charge is -2.29. The van der Waals surface area contributed by atoms with Gasteiger partial charge in [-0.25, -0.2) is 9.78 Å². The van der Waals surface area contributed by atoms with Gasteiger partial charge < -0.3 is 5.32 Å². The number of pyridine rings is 2. The number of urea groups is 1. The molecule has 0 atom stereocenters. The van der Waals surface area contributed by atoms with E-state index in [1.165, 1.54) is 23.4 Å². The highest BCUT2D eigenvalue weighted by Gasteiger charge is 2.24. The van der Waals surface area contributed by atoms with E-state index in [0.29, 0.717) is 23.1 Å². The van der Waals surface area contributed by atoms with Crippen LogP contribution in [0.5, 0.6) is 0 Å². The van der Waals surface area contributed by atoms with Gasteiger partial charge in [0.05, 0.1) is 41.2 Å². The Morgan fingerprint density at radius 3 is 2.81 bits per heavy atom. The van der Waals surface area contributed by atoms with Crippen LogP contribution in [0.2, 0.25) is 5.02 Å². The normalized spacial score (nSPS) is 13.4. The van der Waals surface area contributed by atoms with Crippen LogP contribution in [0.25, 0.3) is 5.82 Å². The zero-order valence-electron chi connectivity index (χ0n) is 13.4. The molecule has 0 aliphatic carbocycles. The van der Waals surface area contributed by atoms with E-state index < -0.39 is 0 Å². The van der Waals surface area contributed by atoms with Gasteiger partial charge in [-0.3, -0.25) is 9.88 Å². The molecule has 0 aromatic carbocycles. The second-order valence-corrected chi connectivity index (χ2v) is 6.91. The molecule has 0 bridgehead atoms. The molecule has 0 saturated carbocycles. The molecule has 1 aliphatic rings. The van der Waals surface area contributed by atoms with Gasteiger partial charge in [-0.15, -0.1) is 4.80 Å². The van der Waals surface area contributed by atoms with Crippen LogP contribution in [0.4, 0.5) is 16.2 Å². The summed E-state index contributed by atoms with van der Waals surface area (Å²) in [6, 6.07) is 1.36. The van der Waals surface area contributed by atoms with Crippen molar-refractivity contribution in [2.24, 2.45) is 0 Å². The van der Waals surface area contributed by atoms with Gasteiger partial charge in [0, 0.05) is 17.2 Å². The van der Waals surface area contributed by atoms with Crippen molar-refractivity contribution in [2.75, 3.05) is 16.8 Å². The van der Waals surface area contributed by atoms with Crippen LogP contribution < -0.4 is 10.2 Å². The summed E-state index contributed by atoms with van der Waals surface area (Å²) in [6.45, 7) is 0.618. The van der Waals surface area contributed by atoms with Crippen LogP contribution in [0.15, 0.2) is 41.5 Å². The van der Waals surface area contributed by atoms with E-state index in [1.807, 2.05) is 0 Å². The van der Waals surface area contributed by atoms with Gasteiger partial charge in [-0.1, -0.05) is 11.6 Å². The Labute approximate surface area is 162 Å². The van der Waals surface area contributed by atoms with Gasteiger partial charge in [0.1, 0.15) is 0 Å². The molecule has 0 radical (unpaired) electrons. The molecule has 0 fully saturated rings. The lowest BCUT2D eigenvalue weighted by molar-refractivity contribution is 0.256. The summed E-state index contributed by atoms with van der Waals surface area (Å²) < 4.78 is 0.910. The first-order valence-electron chi connectivity index (χ1n) is 7.86. The molecule has 10 heteroatoms. The van der Waals surface area contributed by atoms with Crippen molar-refractivity contribution in [1.29, 1.82) is 0 Å². The van der Waals surface area contributed by atoms with E-state index in [1.54, 1.807) is 23.4 Å². The number of nitrogens with one attached hydrogen (secondary N) is 1. The predicted octanol–water partition coefficient (Wildman–Crippen LogP) is 3.46. The molecule has 0 unspecified atom stereocenters. The summed E-state index contributed by atoms with van der Waals surface area (Å²) >= 11 is 9.75. The molecule has 132 valence electrons. The molecule has 0 spiro atoms. The number of halogens is 2. The number of anilines is 2. The Kier molecular flexibility index (Phi) is 4.56. The summed E-state index contributed by atoms with van der Waals surface area (Å²) in [6.07, 6.45) is 9.82. The minimum absolute atomic E-state index is 0.256. The maximum atomic E-state index is 12.7. The first kappa shape index (κ1) is 16.9. The molecular weight excluding hydrogens is 422 g/mol. The quantitative estimate of drug-likeness (QED) is 0.667. The highest BCUT2D eigenvalue weighted by atomic mass is 79.9. The van der Waals surface area contributed by atoms with Gasteiger partial charge in [0.25, 0.3) is 0 Å². The Morgan fingerprint density at radius 2 is 2.04 bits per heavy atom. The number of hydrogen-bond acceptors (Lipinski definition) is 5. The van der Waals surface area contributed by atoms with Gasteiger partial charge in [-0.2, -0.15) is 10.2 Å². The van der Waals surface area contributed by atoms with Crippen LogP contribution in [0, 0.1) is 0 Å². The summed E-state index contributed by atoms with van der Waals surface area (Å²) in [5, 5.41) is 11.2. The average molecular weight is 435 g/mol. The van der Waals surface area contributed by atoms with Gasteiger partial charge >= 0.3 is 6.03 Å². The maximum Gasteiger partial charge on any atom is 0.326 e. The molecule has 8 nitrogen and oxygen atoms in total. The first-order chi connectivity index (χ1) is 12.6. The summed E-state index contributed by atoms with van der Waals surface area (Å²) in [7, 11) is 0. The van der Waals surface area contributed by atoms with Crippen molar-refractivity contribution in [2.45, 2.75) is 12.8 Å². The van der Waals surface area contributed by atoms with Crippen molar-refractivity contribution < 1.29 is 4.79 Å². The fraction of sp³-hybridized carbons (Fsp3) is 0.188. The Balaban J connectivity index is 1.56. The summed E-state index contributed by atoms with van der Waals surface area (Å²) in [5.41, 5.74) is 2.38. The van der Waals surface area contributed by atoms with Crippen LogP contribution in [0.1, 0.15) is 12.0 Å². The number of fused-ring (bicyclic) bond motifs is 1. The highest BCUT2D eigenvalue weighted by Crippen LogP contribution is 2.32. The van der Waals surface area contributed by atoms with Crippen molar-refractivity contribution in [1.82, 2.24) is 25.0 Å². The molecule has 1 aliphatic heterocycles. The lowest BCUT2D eigenvalue weighted by atomic mass is 10.0. The molecule has 0 saturated heterocycles. The summed E-state index contributed by atoms with van der Waals surface area (Å²) in [4.78, 5) is 24.1. The minimum atomic E-state index is -0.256. The molecule has 2 amide bonds. The van der Waals surface area contributed by atoms with E-state index in [2.05, 4.69) is 41.4 Å². The monoisotopic (exact) mass is 433 g/mol. The number of aromatic nitrogens is 5. The number of rotatable bonds is 2. The second kappa shape index (κ2) is 7.00. The minimum Gasteiger partial charge on any atom is -0.306 e. The Bertz CT molecular complexity index is 963. The molecule has 4 rings (SSSR count). The average Bonchev–Trinajstić information content (AvgIpc) is 3.16.